The molecule has 2 aromatic rings. The molecule has 0 amide bonds. The van der Waals surface area contributed by atoms with Crippen LogP contribution in [0.15, 0.2) is 30.3 Å². The highest BCUT2D eigenvalue weighted by Crippen LogP contribution is 2.19. The molecular weight excluding hydrogens is 272 g/mol. The van der Waals surface area contributed by atoms with Gasteiger partial charge in [-0.3, -0.25) is 0 Å². The van der Waals surface area contributed by atoms with Gasteiger partial charge in [0.1, 0.15) is 16.8 Å². The summed E-state index contributed by atoms with van der Waals surface area (Å²) in [6.07, 6.45) is -2.44. The number of aromatic nitrogens is 2. The van der Waals surface area contributed by atoms with Gasteiger partial charge in [-0.2, -0.15) is 0 Å². The molecular formula is C13H12ClF2N3. The van der Waals surface area contributed by atoms with Crippen molar-refractivity contribution in [2.24, 2.45) is 0 Å². The first-order chi connectivity index (χ1) is 9.04. The highest BCUT2D eigenvalue weighted by molar-refractivity contribution is 6.29. The molecule has 6 heteroatoms. The Balaban J connectivity index is 2.02. The largest absolute Gasteiger partial charge is 0.366 e. The van der Waals surface area contributed by atoms with Crippen molar-refractivity contribution in [3.05, 3.63) is 52.4 Å². The smallest absolute Gasteiger partial charge is 0.263 e. The topological polar surface area (TPSA) is 37.8 Å². The predicted molar refractivity (Wildman–Crippen MR) is 70.5 cm³/mol. The van der Waals surface area contributed by atoms with Crippen LogP contribution in [-0.2, 0) is 6.54 Å². The molecule has 1 N–H and O–H groups in total. The van der Waals surface area contributed by atoms with Gasteiger partial charge in [-0.05, 0) is 12.5 Å². The lowest BCUT2D eigenvalue weighted by molar-refractivity contribution is 0.151. The third-order valence-electron chi connectivity index (χ3n) is 2.51. The molecule has 0 saturated heterocycles. The van der Waals surface area contributed by atoms with Gasteiger partial charge in [0.25, 0.3) is 6.43 Å². The van der Waals surface area contributed by atoms with E-state index in [1.54, 1.807) is 25.1 Å². The van der Waals surface area contributed by atoms with Crippen molar-refractivity contribution in [1.82, 2.24) is 9.97 Å². The summed E-state index contributed by atoms with van der Waals surface area (Å²) in [5.41, 5.74) is 0.904. The quantitative estimate of drug-likeness (QED) is 0.862. The van der Waals surface area contributed by atoms with Crippen molar-refractivity contribution in [3.8, 4) is 0 Å². The van der Waals surface area contributed by atoms with E-state index in [-0.39, 0.29) is 5.56 Å². The number of aryl methyl sites for hydroxylation is 1. The molecule has 0 aliphatic carbocycles. The van der Waals surface area contributed by atoms with Gasteiger partial charge in [0, 0.05) is 18.2 Å². The van der Waals surface area contributed by atoms with Crippen LogP contribution in [0.25, 0.3) is 0 Å². The fraction of sp³-hybridized carbons (Fsp3) is 0.231. The summed E-state index contributed by atoms with van der Waals surface area (Å²) >= 11 is 5.81. The van der Waals surface area contributed by atoms with Gasteiger partial charge < -0.3 is 5.32 Å². The SMILES string of the molecule is Cc1nc(Cl)cc(NCc2ccc(C(F)F)cc2)n1. The number of nitrogens with one attached hydrogen (secondary N) is 1. The summed E-state index contributed by atoms with van der Waals surface area (Å²) < 4.78 is 24.8. The third kappa shape index (κ3) is 3.86. The van der Waals surface area contributed by atoms with E-state index in [4.69, 9.17) is 11.6 Å². The summed E-state index contributed by atoms with van der Waals surface area (Å²) in [6.45, 7) is 2.23. The van der Waals surface area contributed by atoms with Crippen molar-refractivity contribution in [2.75, 3.05) is 5.32 Å². The molecule has 0 unspecified atom stereocenters. The van der Waals surface area contributed by atoms with E-state index < -0.39 is 6.43 Å². The Morgan fingerprint density at radius 1 is 1.21 bits per heavy atom. The van der Waals surface area contributed by atoms with Gasteiger partial charge in [0.05, 0.1) is 0 Å². The van der Waals surface area contributed by atoms with Crippen LogP contribution in [0.1, 0.15) is 23.4 Å². The molecule has 0 atom stereocenters. The summed E-state index contributed by atoms with van der Waals surface area (Å²) in [6, 6.07) is 7.76. The van der Waals surface area contributed by atoms with Crippen LogP contribution in [0.2, 0.25) is 5.15 Å². The summed E-state index contributed by atoms with van der Waals surface area (Å²) in [5.74, 6) is 1.18. The zero-order valence-electron chi connectivity index (χ0n) is 10.2. The Morgan fingerprint density at radius 3 is 2.47 bits per heavy atom. The first kappa shape index (κ1) is 13.7. The van der Waals surface area contributed by atoms with Crippen molar-refractivity contribution in [2.45, 2.75) is 19.9 Å². The highest BCUT2D eigenvalue weighted by Gasteiger charge is 2.06. The molecule has 100 valence electrons. The molecule has 0 fully saturated rings. The maximum absolute atomic E-state index is 12.4. The third-order valence-corrected chi connectivity index (χ3v) is 2.71. The van der Waals surface area contributed by atoms with Crippen LogP contribution < -0.4 is 5.32 Å². The van der Waals surface area contributed by atoms with Crippen LogP contribution >= 0.6 is 11.6 Å². The van der Waals surface area contributed by atoms with Crippen LogP contribution in [0.3, 0.4) is 0 Å². The number of rotatable bonds is 4. The van der Waals surface area contributed by atoms with Crippen LogP contribution in [0, 0.1) is 6.92 Å². The molecule has 19 heavy (non-hydrogen) atoms. The number of benzene rings is 1. The summed E-state index contributed by atoms with van der Waals surface area (Å²) in [4.78, 5) is 8.12. The fourth-order valence-electron chi connectivity index (χ4n) is 1.60. The first-order valence-electron chi connectivity index (χ1n) is 5.66. The lowest BCUT2D eigenvalue weighted by Crippen LogP contribution is -2.03. The molecule has 0 aliphatic heterocycles. The van der Waals surface area contributed by atoms with E-state index in [9.17, 15) is 8.78 Å². The van der Waals surface area contributed by atoms with Gasteiger partial charge in [0.15, 0.2) is 0 Å². The molecule has 0 radical (unpaired) electrons. The van der Waals surface area contributed by atoms with Crippen LogP contribution in [0.5, 0.6) is 0 Å². The average Bonchev–Trinajstić information content (AvgIpc) is 2.36. The Bertz CT molecular complexity index is 538. The van der Waals surface area contributed by atoms with Crippen molar-refractivity contribution in [1.29, 1.82) is 0 Å². The molecule has 1 aromatic heterocycles. The second-order valence-electron chi connectivity index (χ2n) is 4.02. The normalized spacial score (nSPS) is 10.8. The van der Waals surface area contributed by atoms with Crippen molar-refractivity contribution < 1.29 is 8.78 Å². The van der Waals surface area contributed by atoms with E-state index in [0.717, 1.165) is 5.56 Å². The summed E-state index contributed by atoms with van der Waals surface area (Å²) in [7, 11) is 0. The standard InChI is InChI=1S/C13H12ClF2N3/c1-8-18-11(14)6-12(19-8)17-7-9-2-4-10(5-3-9)13(15)16/h2-6,13H,7H2,1H3,(H,17,18,19). The molecule has 0 bridgehead atoms. The van der Waals surface area contributed by atoms with E-state index >= 15 is 0 Å². The first-order valence-corrected chi connectivity index (χ1v) is 6.04. The molecule has 1 heterocycles. The van der Waals surface area contributed by atoms with Gasteiger partial charge in [-0.15, -0.1) is 0 Å². The zero-order chi connectivity index (χ0) is 13.8. The zero-order valence-corrected chi connectivity index (χ0v) is 11.0. The van der Waals surface area contributed by atoms with Gasteiger partial charge in [-0.25, -0.2) is 18.7 Å². The molecule has 1 aromatic carbocycles. The molecule has 0 spiro atoms. The van der Waals surface area contributed by atoms with Crippen molar-refractivity contribution >= 4 is 17.4 Å². The second kappa shape index (κ2) is 5.93. The summed E-state index contributed by atoms with van der Waals surface area (Å²) in [5, 5.41) is 3.43. The fourth-order valence-corrected chi connectivity index (χ4v) is 1.82. The minimum absolute atomic E-state index is 0.0182. The Morgan fingerprint density at radius 2 is 1.89 bits per heavy atom. The Labute approximate surface area is 114 Å². The van der Waals surface area contributed by atoms with E-state index in [1.807, 2.05) is 0 Å². The van der Waals surface area contributed by atoms with Crippen LogP contribution in [-0.4, -0.2) is 9.97 Å². The lowest BCUT2D eigenvalue weighted by atomic mass is 10.1. The molecule has 3 nitrogen and oxygen atoms in total. The average molecular weight is 284 g/mol. The minimum atomic E-state index is -2.44. The lowest BCUT2D eigenvalue weighted by Gasteiger charge is -2.07. The monoisotopic (exact) mass is 283 g/mol. The number of hydrogen-bond acceptors (Lipinski definition) is 3. The van der Waals surface area contributed by atoms with Crippen LogP contribution in [0.4, 0.5) is 14.6 Å². The number of nitrogens with zero attached hydrogens (tertiary/aromatic N) is 2. The maximum atomic E-state index is 12.4. The number of hydrogen-bond donors (Lipinski definition) is 1. The predicted octanol–water partition coefficient (Wildman–Crippen LogP) is 3.99. The van der Waals surface area contributed by atoms with E-state index in [2.05, 4.69) is 15.3 Å². The molecule has 2 rings (SSSR count). The van der Waals surface area contributed by atoms with Gasteiger partial charge in [0.2, 0.25) is 0 Å². The number of alkyl halides is 2. The van der Waals surface area contributed by atoms with Gasteiger partial charge in [-0.1, -0.05) is 35.9 Å². The minimum Gasteiger partial charge on any atom is -0.366 e. The highest BCUT2D eigenvalue weighted by atomic mass is 35.5. The maximum Gasteiger partial charge on any atom is 0.263 e. The molecule has 0 aliphatic rings. The Hall–Kier alpha value is -1.75. The van der Waals surface area contributed by atoms with E-state index in [0.29, 0.717) is 23.3 Å². The second-order valence-corrected chi connectivity index (χ2v) is 4.41. The van der Waals surface area contributed by atoms with Gasteiger partial charge >= 0.3 is 0 Å². The number of anilines is 1. The Kier molecular flexibility index (Phi) is 4.27. The molecule has 0 saturated carbocycles. The van der Waals surface area contributed by atoms with E-state index in [1.165, 1.54) is 12.1 Å². The van der Waals surface area contributed by atoms with Crippen molar-refractivity contribution in [3.63, 3.8) is 0 Å². The number of halogens is 3.